The van der Waals surface area contributed by atoms with E-state index in [1.54, 1.807) is 29.2 Å². The van der Waals surface area contributed by atoms with Crippen molar-refractivity contribution >= 4 is 28.7 Å². The number of imidazole rings is 1. The monoisotopic (exact) mass is 274 g/mol. The van der Waals surface area contributed by atoms with Crippen molar-refractivity contribution in [1.29, 1.82) is 0 Å². The highest BCUT2D eigenvalue weighted by Gasteiger charge is 2.11. The number of fused-ring (bicyclic) bond motifs is 1. The summed E-state index contributed by atoms with van der Waals surface area (Å²) in [5, 5.41) is 9.11. The van der Waals surface area contributed by atoms with Crippen LogP contribution in [0, 0.1) is 0 Å². The average Bonchev–Trinajstić information content (AvgIpc) is 2.82. The number of hydrogen-bond donors (Lipinski definition) is 1. The molecule has 0 bridgehead atoms. The van der Waals surface area contributed by atoms with E-state index in [4.69, 9.17) is 16.7 Å². The van der Waals surface area contributed by atoms with Crippen molar-refractivity contribution in [2.75, 3.05) is 0 Å². The normalized spacial score (nSPS) is 10.8. The molecular formula is C12H7ClN4O2. The zero-order valence-corrected chi connectivity index (χ0v) is 10.2. The fraction of sp³-hybridized carbons (Fsp3) is 0. The molecule has 0 unspecified atom stereocenters. The van der Waals surface area contributed by atoms with Crippen LogP contribution in [0.1, 0.15) is 10.4 Å². The molecule has 0 aliphatic carbocycles. The van der Waals surface area contributed by atoms with Gasteiger partial charge in [0, 0.05) is 5.69 Å². The van der Waals surface area contributed by atoms with Gasteiger partial charge in [0.1, 0.15) is 18.2 Å². The zero-order valence-electron chi connectivity index (χ0n) is 9.49. The highest BCUT2D eigenvalue weighted by atomic mass is 35.5. The second kappa shape index (κ2) is 4.33. The lowest BCUT2D eigenvalue weighted by Gasteiger charge is -2.06. The third kappa shape index (κ3) is 1.92. The van der Waals surface area contributed by atoms with E-state index >= 15 is 0 Å². The molecule has 2 aromatic heterocycles. The van der Waals surface area contributed by atoms with Crippen molar-refractivity contribution < 1.29 is 9.90 Å². The van der Waals surface area contributed by atoms with Crippen LogP contribution in [-0.2, 0) is 0 Å². The van der Waals surface area contributed by atoms with Gasteiger partial charge >= 0.3 is 5.97 Å². The number of benzene rings is 1. The number of nitrogens with zero attached hydrogens (tertiary/aromatic N) is 4. The largest absolute Gasteiger partial charge is 0.478 e. The van der Waals surface area contributed by atoms with Gasteiger partial charge in [-0.2, -0.15) is 0 Å². The Bertz CT molecular complexity index is 784. The summed E-state index contributed by atoms with van der Waals surface area (Å²) in [6.45, 7) is 0. The first-order chi connectivity index (χ1) is 9.16. The first-order valence-corrected chi connectivity index (χ1v) is 5.71. The maximum atomic E-state index is 10.9. The Hall–Kier alpha value is -2.47. The summed E-state index contributed by atoms with van der Waals surface area (Å²) in [5.41, 5.74) is 2.05. The van der Waals surface area contributed by atoms with Gasteiger partial charge in [-0.15, -0.1) is 0 Å². The minimum atomic E-state index is -1.06. The van der Waals surface area contributed by atoms with Crippen molar-refractivity contribution in [2.45, 2.75) is 0 Å². The van der Waals surface area contributed by atoms with Crippen molar-refractivity contribution in [1.82, 2.24) is 19.5 Å². The number of aromatic nitrogens is 4. The van der Waals surface area contributed by atoms with Crippen LogP contribution in [0.2, 0.25) is 5.02 Å². The molecule has 0 saturated heterocycles. The minimum absolute atomic E-state index is 0.0612. The summed E-state index contributed by atoms with van der Waals surface area (Å²) in [5.74, 6) is -1.06. The van der Waals surface area contributed by atoms with Gasteiger partial charge in [-0.1, -0.05) is 11.6 Å². The Morgan fingerprint density at radius 1 is 1.32 bits per heavy atom. The lowest BCUT2D eigenvalue weighted by atomic mass is 10.2. The maximum absolute atomic E-state index is 10.9. The topological polar surface area (TPSA) is 80.9 Å². The van der Waals surface area contributed by atoms with Gasteiger partial charge in [0.25, 0.3) is 0 Å². The molecule has 0 atom stereocenters. The van der Waals surface area contributed by atoms with Crippen molar-refractivity contribution in [3.8, 4) is 5.69 Å². The molecule has 0 aliphatic heterocycles. The summed E-state index contributed by atoms with van der Waals surface area (Å²) in [7, 11) is 0. The molecule has 19 heavy (non-hydrogen) atoms. The second-order valence-corrected chi connectivity index (χ2v) is 4.22. The van der Waals surface area contributed by atoms with Crippen LogP contribution in [0.5, 0.6) is 0 Å². The Labute approximate surface area is 112 Å². The molecule has 94 valence electrons. The van der Waals surface area contributed by atoms with Gasteiger partial charge < -0.3 is 5.11 Å². The number of carboxylic acids is 1. The predicted octanol–water partition coefficient (Wildman–Crippen LogP) is 2.17. The molecule has 7 heteroatoms. The van der Waals surface area contributed by atoms with Gasteiger partial charge in [-0.3, -0.25) is 4.57 Å². The summed E-state index contributed by atoms with van der Waals surface area (Å²) in [6.07, 6.45) is 4.64. The fourth-order valence-electron chi connectivity index (χ4n) is 1.79. The van der Waals surface area contributed by atoms with Crippen LogP contribution < -0.4 is 0 Å². The number of carboxylic acid groups (broad SMARTS) is 1. The number of rotatable bonds is 2. The number of aromatic carboxylic acids is 1. The van der Waals surface area contributed by atoms with Crippen LogP contribution in [0.25, 0.3) is 16.9 Å². The van der Waals surface area contributed by atoms with E-state index < -0.39 is 5.97 Å². The number of carbonyl (C=O) groups is 1. The maximum Gasteiger partial charge on any atom is 0.337 e. The molecule has 0 radical (unpaired) electrons. The van der Waals surface area contributed by atoms with Crippen LogP contribution in [0.15, 0.2) is 37.1 Å². The Balaban J connectivity index is 2.17. The third-order valence-electron chi connectivity index (χ3n) is 2.69. The molecule has 3 rings (SSSR count). The van der Waals surface area contributed by atoms with Gasteiger partial charge in [-0.05, 0) is 18.2 Å². The van der Waals surface area contributed by atoms with E-state index in [9.17, 15) is 4.79 Å². The molecule has 0 amide bonds. The Kier molecular flexibility index (Phi) is 2.64. The van der Waals surface area contributed by atoms with Crippen LogP contribution in [-0.4, -0.2) is 30.6 Å². The lowest BCUT2D eigenvalue weighted by molar-refractivity contribution is 0.0697. The minimum Gasteiger partial charge on any atom is -0.478 e. The first kappa shape index (κ1) is 11.6. The molecule has 1 aromatic carbocycles. The van der Waals surface area contributed by atoms with Crippen LogP contribution in [0.4, 0.5) is 0 Å². The van der Waals surface area contributed by atoms with Gasteiger partial charge in [0.05, 0.1) is 16.8 Å². The number of hydrogen-bond acceptors (Lipinski definition) is 4. The smallest absolute Gasteiger partial charge is 0.337 e. The quantitative estimate of drug-likeness (QED) is 0.774. The first-order valence-electron chi connectivity index (χ1n) is 5.33. The Morgan fingerprint density at radius 2 is 2.16 bits per heavy atom. The summed E-state index contributed by atoms with van der Waals surface area (Å²) < 4.78 is 1.74. The van der Waals surface area contributed by atoms with Crippen molar-refractivity contribution in [3.05, 3.63) is 47.6 Å². The zero-order chi connectivity index (χ0) is 13.4. The summed E-state index contributed by atoms with van der Waals surface area (Å²) in [6, 6.07) is 4.68. The van der Waals surface area contributed by atoms with E-state index in [-0.39, 0.29) is 10.6 Å². The van der Waals surface area contributed by atoms with Gasteiger partial charge in [-0.25, -0.2) is 19.7 Å². The molecule has 0 fully saturated rings. The predicted molar refractivity (Wildman–Crippen MR) is 68.6 cm³/mol. The van der Waals surface area contributed by atoms with E-state index in [1.807, 2.05) is 0 Å². The fourth-order valence-corrected chi connectivity index (χ4v) is 2.05. The molecular weight excluding hydrogens is 268 g/mol. The number of halogens is 1. The van der Waals surface area contributed by atoms with E-state index in [0.29, 0.717) is 11.3 Å². The second-order valence-electron chi connectivity index (χ2n) is 3.82. The molecule has 0 saturated carbocycles. The van der Waals surface area contributed by atoms with Crippen LogP contribution >= 0.6 is 11.6 Å². The van der Waals surface area contributed by atoms with Gasteiger partial charge in [0.2, 0.25) is 0 Å². The van der Waals surface area contributed by atoms with E-state index in [0.717, 1.165) is 5.52 Å². The Morgan fingerprint density at radius 3 is 2.89 bits per heavy atom. The van der Waals surface area contributed by atoms with Crippen molar-refractivity contribution in [2.24, 2.45) is 0 Å². The third-order valence-corrected chi connectivity index (χ3v) is 3.00. The molecule has 1 N–H and O–H groups in total. The average molecular weight is 275 g/mol. The van der Waals surface area contributed by atoms with Gasteiger partial charge in [0.15, 0.2) is 5.65 Å². The van der Waals surface area contributed by atoms with E-state index in [2.05, 4.69) is 15.0 Å². The lowest BCUT2D eigenvalue weighted by Crippen LogP contribution is -1.99. The molecule has 2 heterocycles. The molecule has 6 nitrogen and oxygen atoms in total. The molecule has 0 aliphatic rings. The molecule has 3 aromatic rings. The summed E-state index contributed by atoms with van der Waals surface area (Å²) >= 11 is 5.95. The van der Waals surface area contributed by atoms with E-state index in [1.165, 1.54) is 12.4 Å². The standard InChI is InChI=1S/C12H7ClN4O2/c13-9-3-7(1-2-8(9)12(18)19)17-6-16-11-10(17)4-14-5-15-11/h1-6H,(H,18,19). The highest BCUT2D eigenvalue weighted by Crippen LogP contribution is 2.22. The molecule has 0 spiro atoms. The van der Waals surface area contributed by atoms with Crippen molar-refractivity contribution in [3.63, 3.8) is 0 Å². The van der Waals surface area contributed by atoms with Crippen LogP contribution in [0.3, 0.4) is 0 Å². The highest BCUT2D eigenvalue weighted by molar-refractivity contribution is 6.33. The summed E-state index contributed by atoms with van der Waals surface area (Å²) in [4.78, 5) is 23.0. The SMILES string of the molecule is O=C(O)c1ccc(-n2cnc3ncncc32)cc1Cl.